The highest BCUT2D eigenvalue weighted by atomic mass is 19.4. The predicted molar refractivity (Wildman–Crippen MR) is 163 cm³/mol. The van der Waals surface area contributed by atoms with Gasteiger partial charge in [0, 0.05) is 30.2 Å². The van der Waals surface area contributed by atoms with E-state index >= 15 is 0 Å². The first-order valence-electron chi connectivity index (χ1n) is 14.8. The monoisotopic (exact) mass is 650 g/mol. The summed E-state index contributed by atoms with van der Waals surface area (Å²) < 4.78 is 75.6. The number of hydrogen-bond acceptors (Lipinski definition) is 7. The van der Waals surface area contributed by atoms with Crippen LogP contribution in [0.4, 0.5) is 23.2 Å². The summed E-state index contributed by atoms with van der Waals surface area (Å²) in [5.41, 5.74) is -0.547. The molecule has 0 radical (unpaired) electrons. The fourth-order valence-electron chi connectivity index (χ4n) is 5.48. The van der Waals surface area contributed by atoms with Crippen molar-refractivity contribution in [3.8, 4) is 11.4 Å². The maximum atomic E-state index is 14.7. The minimum Gasteiger partial charge on any atom is -0.484 e. The summed E-state index contributed by atoms with van der Waals surface area (Å²) in [6.45, 7) is 6.87. The Labute approximate surface area is 266 Å². The van der Waals surface area contributed by atoms with E-state index in [0.717, 1.165) is 10.7 Å². The molecule has 3 aromatic carbocycles. The summed E-state index contributed by atoms with van der Waals surface area (Å²) in [5.74, 6) is -1.28. The number of amides is 1. The average molecular weight is 651 g/mol. The molecule has 0 bridgehead atoms. The van der Waals surface area contributed by atoms with Crippen LogP contribution in [0.2, 0.25) is 0 Å². The minimum atomic E-state index is -4.74. The van der Waals surface area contributed by atoms with Crippen LogP contribution in [0.1, 0.15) is 83.3 Å². The fraction of sp³-hybridized carbons (Fsp3) is 0.294. The number of aromatic nitrogens is 3. The highest BCUT2D eigenvalue weighted by Gasteiger charge is 2.42. The molecule has 0 saturated carbocycles. The summed E-state index contributed by atoms with van der Waals surface area (Å²) in [6, 6.07) is 14.5. The number of anilines is 1. The van der Waals surface area contributed by atoms with Crippen LogP contribution in [-0.2, 0) is 17.3 Å². The Kier molecular flexibility index (Phi) is 8.02. The molecule has 1 N–H and O–H groups in total. The molecule has 47 heavy (non-hydrogen) atoms. The second-order valence-corrected chi connectivity index (χ2v) is 12.2. The van der Waals surface area contributed by atoms with E-state index in [4.69, 9.17) is 13.9 Å². The molecule has 0 spiro atoms. The summed E-state index contributed by atoms with van der Waals surface area (Å²) in [6.07, 6.45) is -4.61. The Hall–Kier alpha value is -5.20. The molecule has 5 aromatic rings. The third kappa shape index (κ3) is 6.69. The lowest BCUT2D eigenvalue weighted by Crippen LogP contribution is -2.23. The molecule has 13 heteroatoms. The van der Waals surface area contributed by atoms with E-state index in [1.54, 1.807) is 39.8 Å². The Morgan fingerprint density at radius 1 is 1.02 bits per heavy atom. The van der Waals surface area contributed by atoms with Gasteiger partial charge in [0.25, 0.3) is 5.91 Å². The zero-order chi connectivity index (χ0) is 33.7. The van der Waals surface area contributed by atoms with Gasteiger partial charge in [-0.15, -0.1) is 0 Å². The normalized spacial score (nSPS) is 14.9. The number of aryl methyl sites for hydroxylation is 1. The van der Waals surface area contributed by atoms with E-state index in [1.807, 2.05) is 0 Å². The number of nitrogens with one attached hydrogen (secondary N) is 1. The van der Waals surface area contributed by atoms with E-state index in [0.29, 0.717) is 35.6 Å². The molecule has 1 aliphatic carbocycles. The van der Waals surface area contributed by atoms with Crippen LogP contribution in [0.5, 0.6) is 5.75 Å². The number of esters is 1. The molecule has 1 unspecified atom stereocenters. The Morgan fingerprint density at radius 3 is 2.47 bits per heavy atom. The first-order chi connectivity index (χ1) is 22.2. The third-order valence-corrected chi connectivity index (χ3v) is 7.44. The molecule has 1 amide bonds. The number of carbonyl (C=O) groups is 2. The zero-order valence-corrected chi connectivity index (χ0v) is 25.9. The summed E-state index contributed by atoms with van der Waals surface area (Å²) >= 11 is 0. The molecule has 0 saturated heterocycles. The van der Waals surface area contributed by atoms with Crippen molar-refractivity contribution in [3.05, 3.63) is 100 Å². The number of alkyl halides is 3. The third-order valence-electron chi connectivity index (χ3n) is 7.44. The lowest BCUT2D eigenvalue weighted by molar-refractivity contribution is -0.142. The molecule has 2 aromatic heterocycles. The molecule has 1 aliphatic rings. The van der Waals surface area contributed by atoms with Gasteiger partial charge in [0.05, 0.1) is 22.6 Å². The summed E-state index contributed by atoms with van der Waals surface area (Å²) in [5, 5.41) is 6.47. The van der Waals surface area contributed by atoms with Crippen molar-refractivity contribution in [1.82, 2.24) is 14.8 Å². The quantitative estimate of drug-likeness (QED) is 0.146. The van der Waals surface area contributed by atoms with Gasteiger partial charge in [-0.2, -0.15) is 18.3 Å². The van der Waals surface area contributed by atoms with Crippen molar-refractivity contribution in [2.24, 2.45) is 0 Å². The largest absolute Gasteiger partial charge is 0.484 e. The highest BCUT2D eigenvalue weighted by Crippen LogP contribution is 2.42. The number of fused-ring (bicyclic) bond motifs is 2. The predicted octanol–water partition coefficient (Wildman–Crippen LogP) is 8.14. The van der Waals surface area contributed by atoms with Crippen molar-refractivity contribution in [2.75, 3.05) is 5.32 Å². The number of oxazole rings is 1. The van der Waals surface area contributed by atoms with E-state index < -0.39 is 41.3 Å². The molecule has 244 valence electrons. The van der Waals surface area contributed by atoms with Gasteiger partial charge < -0.3 is 19.2 Å². The maximum Gasteiger partial charge on any atom is 0.435 e. The van der Waals surface area contributed by atoms with Crippen molar-refractivity contribution in [3.63, 3.8) is 0 Å². The van der Waals surface area contributed by atoms with Crippen molar-refractivity contribution in [2.45, 2.75) is 64.8 Å². The number of benzene rings is 3. The first-order valence-corrected chi connectivity index (χ1v) is 14.8. The van der Waals surface area contributed by atoms with Gasteiger partial charge in [-0.25, -0.2) is 18.9 Å². The average Bonchev–Trinajstić information content (AvgIpc) is 3.57. The van der Waals surface area contributed by atoms with Crippen LogP contribution >= 0.6 is 0 Å². The van der Waals surface area contributed by atoms with Gasteiger partial charge in [0.15, 0.2) is 17.2 Å². The fourth-order valence-corrected chi connectivity index (χ4v) is 5.48. The standard InChI is InChI=1S/C34H30F4N4O5/c1-18-39-26-16-24(35)25(17-28(26)45-18)40-31(43)20-7-5-8-21(15-20)42-29-23(30(41-42)34(36,37)38)9-6-10-27(29)46-22-13-11-19(12-14-22)32(44)47-33(2,3)4/h5,7-8,11-17,27H,6,9-10H2,1-4H3,(H,40,43). The van der Waals surface area contributed by atoms with E-state index in [-0.39, 0.29) is 40.2 Å². The van der Waals surface area contributed by atoms with Crippen LogP contribution < -0.4 is 10.1 Å². The molecule has 9 nitrogen and oxygen atoms in total. The van der Waals surface area contributed by atoms with Gasteiger partial charge in [-0.05, 0) is 82.5 Å². The van der Waals surface area contributed by atoms with Crippen LogP contribution in [0.15, 0.2) is 65.1 Å². The van der Waals surface area contributed by atoms with Crippen LogP contribution in [0, 0.1) is 12.7 Å². The number of halogens is 4. The van der Waals surface area contributed by atoms with Gasteiger partial charge >= 0.3 is 12.1 Å². The maximum absolute atomic E-state index is 14.7. The summed E-state index contributed by atoms with van der Waals surface area (Å²) in [4.78, 5) is 29.7. The molecule has 1 atom stereocenters. The molecular weight excluding hydrogens is 620 g/mol. The number of carbonyl (C=O) groups excluding carboxylic acids is 2. The molecule has 2 heterocycles. The van der Waals surface area contributed by atoms with E-state index in [1.165, 1.54) is 42.5 Å². The van der Waals surface area contributed by atoms with Gasteiger partial charge in [0.2, 0.25) is 0 Å². The van der Waals surface area contributed by atoms with Crippen LogP contribution in [0.3, 0.4) is 0 Å². The van der Waals surface area contributed by atoms with Crippen molar-refractivity contribution < 1.29 is 41.0 Å². The molecule has 6 rings (SSSR count). The lowest BCUT2D eigenvalue weighted by Gasteiger charge is -2.26. The van der Waals surface area contributed by atoms with Crippen molar-refractivity contribution >= 4 is 28.7 Å². The highest BCUT2D eigenvalue weighted by molar-refractivity contribution is 6.05. The molecule has 0 fully saturated rings. The van der Waals surface area contributed by atoms with Gasteiger partial charge in [-0.3, -0.25) is 4.79 Å². The van der Waals surface area contributed by atoms with E-state index in [9.17, 15) is 27.2 Å². The van der Waals surface area contributed by atoms with Crippen molar-refractivity contribution in [1.29, 1.82) is 0 Å². The minimum absolute atomic E-state index is 0.00621. The second kappa shape index (κ2) is 11.9. The number of rotatable bonds is 6. The van der Waals surface area contributed by atoms with Crippen LogP contribution in [-0.4, -0.2) is 32.2 Å². The number of nitrogens with zero attached hydrogens (tertiary/aromatic N) is 3. The SMILES string of the molecule is Cc1nc2cc(F)c(NC(=O)c3cccc(-n4nc(C(F)(F)F)c5c4C(Oc4ccc(C(=O)OC(C)(C)C)cc4)CCC5)c3)cc2o1. The molecule has 0 aliphatic heterocycles. The second-order valence-electron chi connectivity index (χ2n) is 12.2. The Bertz CT molecular complexity index is 1990. The number of ether oxygens (including phenoxy) is 2. The van der Waals surface area contributed by atoms with E-state index in [2.05, 4.69) is 15.4 Å². The first kappa shape index (κ1) is 31.8. The topological polar surface area (TPSA) is 108 Å². The lowest BCUT2D eigenvalue weighted by atomic mass is 9.92. The Balaban J connectivity index is 1.31. The zero-order valence-electron chi connectivity index (χ0n) is 25.9. The Morgan fingerprint density at radius 2 is 1.77 bits per heavy atom. The summed E-state index contributed by atoms with van der Waals surface area (Å²) in [7, 11) is 0. The number of hydrogen-bond donors (Lipinski definition) is 1. The van der Waals surface area contributed by atoms with Gasteiger partial charge in [-0.1, -0.05) is 6.07 Å². The van der Waals surface area contributed by atoms with Gasteiger partial charge in [0.1, 0.15) is 28.8 Å². The smallest absolute Gasteiger partial charge is 0.435 e. The molecular formula is C34H30F4N4O5. The van der Waals surface area contributed by atoms with Crippen LogP contribution in [0.25, 0.3) is 16.8 Å².